The summed E-state index contributed by atoms with van der Waals surface area (Å²) in [6, 6.07) is 14.5. The number of carbonyl (C=O) groups is 3. The summed E-state index contributed by atoms with van der Waals surface area (Å²) < 4.78 is 10.8. The number of hydrogen-bond donors (Lipinski definition) is 1. The number of nitrogens with one attached hydrogen (secondary N) is 1. The third-order valence-corrected chi connectivity index (χ3v) is 7.12. The van der Waals surface area contributed by atoms with E-state index in [1.807, 2.05) is 36.4 Å². The van der Waals surface area contributed by atoms with E-state index in [0.29, 0.717) is 36.6 Å². The number of imide groups is 1. The van der Waals surface area contributed by atoms with Crippen LogP contribution in [0.5, 0.6) is 11.5 Å². The molecule has 1 saturated heterocycles. The van der Waals surface area contributed by atoms with Crippen molar-refractivity contribution >= 4 is 17.7 Å². The zero-order chi connectivity index (χ0) is 24.0. The highest BCUT2D eigenvalue weighted by atomic mass is 16.7. The molecule has 3 aromatic rings. The van der Waals surface area contributed by atoms with Crippen LogP contribution in [0.25, 0.3) is 0 Å². The van der Waals surface area contributed by atoms with E-state index in [2.05, 4.69) is 10.2 Å². The minimum absolute atomic E-state index is 0.0447. The van der Waals surface area contributed by atoms with Crippen LogP contribution >= 0.6 is 0 Å². The topological polar surface area (TPSA) is 105 Å². The van der Waals surface area contributed by atoms with Crippen molar-refractivity contribution in [3.8, 4) is 11.5 Å². The molecular weight excluding hydrogens is 448 g/mol. The predicted octanol–water partition coefficient (Wildman–Crippen LogP) is 2.31. The Bertz CT molecular complexity index is 1320. The van der Waals surface area contributed by atoms with Gasteiger partial charge in [-0.25, -0.2) is 0 Å². The number of rotatable bonds is 5. The number of nitrogens with zero attached hydrogens (tertiary/aromatic N) is 3. The Hall–Kier alpha value is -4.14. The van der Waals surface area contributed by atoms with E-state index in [-0.39, 0.29) is 43.9 Å². The Labute approximate surface area is 201 Å². The van der Waals surface area contributed by atoms with Gasteiger partial charge in [0.25, 0.3) is 0 Å². The second-order valence-corrected chi connectivity index (χ2v) is 9.21. The van der Waals surface area contributed by atoms with Crippen LogP contribution in [0.1, 0.15) is 35.2 Å². The Morgan fingerprint density at radius 3 is 2.77 bits per heavy atom. The number of H-pyrrole nitrogens is 1. The first kappa shape index (κ1) is 21.4. The summed E-state index contributed by atoms with van der Waals surface area (Å²) in [5.41, 5.74) is 2.23. The summed E-state index contributed by atoms with van der Waals surface area (Å²) in [6.07, 6.45) is 2.31. The van der Waals surface area contributed by atoms with Crippen molar-refractivity contribution < 1.29 is 23.9 Å². The van der Waals surface area contributed by atoms with Crippen molar-refractivity contribution in [1.82, 2.24) is 20.0 Å². The van der Waals surface area contributed by atoms with E-state index < -0.39 is 5.41 Å². The maximum atomic E-state index is 13.9. The number of ether oxygens (including phenoxy) is 2. The third kappa shape index (κ3) is 3.63. The third-order valence-electron chi connectivity index (χ3n) is 7.12. The minimum atomic E-state index is -1.23. The van der Waals surface area contributed by atoms with Gasteiger partial charge in [0.05, 0.1) is 18.2 Å². The van der Waals surface area contributed by atoms with Gasteiger partial charge in [-0.2, -0.15) is 5.10 Å². The summed E-state index contributed by atoms with van der Waals surface area (Å²) in [6.45, 7) is 1.25. The standard InChI is InChI=1S/C26H24N4O5/c31-23(29-9-8-20-18(15-29)13-27-28-20)11-26(19-4-2-1-3-5-19)12-24(32)30(25(26)33)14-17-6-7-21-22(10-17)35-16-34-21/h1-7,10,13H,8-9,11-12,14-16H2,(H,27,28). The first-order chi connectivity index (χ1) is 17.0. The van der Waals surface area contributed by atoms with Crippen molar-refractivity contribution in [1.29, 1.82) is 0 Å². The van der Waals surface area contributed by atoms with Crippen LogP contribution in [0, 0.1) is 0 Å². The van der Waals surface area contributed by atoms with Crippen LogP contribution in [-0.2, 0) is 39.3 Å². The van der Waals surface area contributed by atoms with Crippen molar-refractivity contribution in [2.45, 2.75) is 37.8 Å². The van der Waals surface area contributed by atoms with Crippen LogP contribution in [0.15, 0.2) is 54.7 Å². The molecule has 178 valence electrons. The van der Waals surface area contributed by atoms with Crippen LogP contribution < -0.4 is 9.47 Å². The summed E-state index contributed by atoms with van der Waals surface area (Å²) in [7, 11) is 0. The number of fused-ring (bicyclic) bond motifs is 2. The number of carbonyl (C=O) groups excluding carboxylic acids is 3. The van der Waals surface area contributed by atoms with E-state index in [4.69, 9.17) is 9.47 Å². The molecule has 6 rings (SSSR count). The number of aromatic nitrogens is 2. The molecule has 1 N–H and O–H groups in total. The number of hydrogen-bond acceptors (Lipinski definition) is 6. The number of benzene rings is 2. The van der Waals surface area contributed by atoms with E-state index in [1.165, 1.54) is 4.90 Å². The lowest BCUT2D eigenvalue weighted by molar-refractivity contribution is -0.143. The molecule has 0 spiro atoms. The van der Waals surface area contributed by atoms with Gasteiger partial charge in [-0.3, -0.25) is 24.4 Å². The van der Waals surface area contributed by atoms with Crippen LogP contribution in [0.2, 0.25) is 0 Å². The zero-order valence-corrected chi connectivity index (χ0v) is 19.0. The molecule has 1 atom stereocenters. The number of amides is 3. The van der Waals surface area contributed by atoms with Crippen molar-refractivity contribution in [2.24, 2.45) is 0 Å². The van der Waals surface area contributed by atoms with Gasteiger partial charge in [0.2, 0.25) is 24.5 Å². The molecule has 9 heteroatoms. The molecule has 0 aliphatic carbocycles. The fourth-order valence-corrected chi connectivity index (χ4v) is 5.21. The van der Waals surface area contributed by atoms with Gasteiger partial charge in [-0.15, -0.1) is 0 Å². The highest BCUT2D eigenvalue weighted by Gasteiger charge is 2.54. The lowest BCUT2D eigenvalue weighted by Gasteiger charge is -2.32. The molecular formula is C26H24N4O5. The smallest absolute Gasteiger partial charge is 0.241 e. The average Bonchev–Trinajstić information content (AvgIpc) is 3.59. The molecule has 35 heavy (non-hydrogen) atoms. The molecule has 1 aromatic heterocycles. The molecule has 9 nitrogen and oxygen atoms in total. The molecule has 3 amide bonds. The Morgan fingerprint density at radius 1 is 1.09 bits per heavy atom. The van der Waals surface area contributed by atoms with Crippen molar-refractivity contribution in [2.75, 3.05) is 13.3 Å². The van der Waals surface area contributed by atoms with Gasteiger partial charge in [-0.1, -0.05) is 36.4 Å². The predicted molar refractivity (Wildman–Crippen MR) is 123 cm³/mol. The van der Waals surface area contributed by atoms with Crippen LogP contribution in [0.4, 0.5) is 0 Å². The van der Waals surface area contributed by atoms with Gasteiger partial charge in [0.15, 0.2) is 11.5 Å². The fourth-order valence-electron chi connectivity index (χ4n) is 5.21. The first-order valence-electron chi connectivity index (χ1n) is 11.6. The van der Waals surface area contributed by atoms with Gasteiger partial charge in [0.1, 0.15) is 0 Å². The normalized spacial score (nSPS) is 20.9. The molecule has 0 saturated carbocycles. The minimum Gasteiger partial charge on any atom is -0.454 e. The SMILES string of the molecule is O=C(CC1(c2ccccc2)CC(=O)N(Cc2ccc3c(c2)OCO3)C1=O)N1CCc2[nH]ncc2C1. The number of likely N-dealkylation sites (tertiary alicyclic amines) is 1. The molecule has 1 unspecified atom stereocenters. The molecule has 2 aromatic carbocycles. The van der Waals surface area contributed by atoms with E-state index in [0.717, 1.165) is 16.8 Å². The summed E-state index contributed by atoms with van der Waals surface area (Å²) in [5.74, 6) is 0.446. The summed E-state index contributed by atoms with van der Waals surface area (Å²) in [5, 5.41) is 7.04. The van der Waals surface area contributed by atoms with Crippen LogP contribution in [-0.4, -0.2) is 51.1 Å². The quantitative estimate of drug-likeness (QED) is 0.572. The van der Waals surface area contributed by atoms with E-state index in [9.17, 15) is 14.4 Å². The molecule has 1 fully saturated rings. The maximum absolute atomic E-state index is 13.9. The van der Waals surface area contributed by atoms with E-state index in [1.54, 1.807) is 23.2 Å². The largest absolute Gasteiger partial charge is 0.454 e. The van der Waals surface area contributed by atoms with Gasteiger partial charge in [-0.05, 0) is 23.3 Å². The van der Waals surface area contributed by atoms with Gasteiger partial charge >= 0.3 is 0 Å². The lowest BCUT2D eigenvalue weighted by Crippen LogP contribution is -2.44. The Kier molecular flexibility index (Phi) is 5.05. The van der Waals surface area contributed by atoms with Gasteiger partial charge < -0.3 is 14.4 Å². The molecule has 4 heterocycles. The Balaban J connectivity index is 1.29. The molecule has 0 bridgehead atoms. The monoisotopic (exact) mass is 472 g/mol. The maximum Gasteiger partial charge on any atom is 0.241 e. The number of aromatic amines is 1. The second kappa shape index (κ2) is 8.26. The summed E-state index contributed by atoms with van der Waals surface area (Å²) in [4.78, 5) is 43.6. The van der Waals surface area contributed by atoms with Crippen molar-refractivity contribution in [3.63, 3.8) is 0 Å². The van der Waals surface area contributed by atoms with E-state index >= 15 is 0 Å². The zero-order valence-electron chi connectivity index (χ0n) is 19.0. The average molecular weight is 473 g/mol. The van der Waals surface area contributed by atoms with Crippen LogP contribution in [0.3, 0.4) is 0 Å². The van der Waals surface area contributed by atoms with Gasteiger partial charge in [0, 0.05) is 43.6 Å². The fraction of sp³-hybridized carbons (Fsp3) is 0.308. The summed E-state index contributed by atoms with van der Waals surface area (Å²) >= 11 is 0. The highest BCUT2D eigenvalue weighted by Crippen LogP contribution is 2.42. The lowest BCUT2D eigenvalue weighted by atomic mass is 9.75. The molecule has 0 radical (unpaired) electrons. The first-order valence-corrected chi connectivity index (χ1v) is 11.6. The second-order valence-electron chi connectivity index (χ2n) is 9.21. The Morgan fingerprint density at radius 2 is 1.91 bits per heavy atom. The molecule has 3 aliphatic heterocycles. The van der Waals surface area contributed by atoms with Crippen molar-refractivity contribution in [3.05, 3.63) is 77.1 Å². The highest BCUT2D eigenvalue weighted by molar-refractivity contribution is 6.10. The molecule has 3 aliphatic rings.